The van der Waals surface area contributed by atoms with E-state index in [1.54, 1.807) is 0 Å². The van der Waals surface area contributed by atoms with Gasteiger partial charge in [0, 0.05) is 13.3 Å². The van der Waals surface area contributed by atoms with Crippen LogP contribution in [0.5, 0.6) is 0 Å². The Labute approximate surface area is 147 Å². The summed E-state index contributed by atoms with van der Waals surface area (Å²) in [5, 5.41) is 22.1. The average molecular weight is 342 g/mol. The first-order chi connectivity index (χ1) is 11.6. The van der Waals surface area contributed by atoms with Gasteiger partial charge in [0.25, 0.3) is 0 Å². The fourth-order valence-corrected chi connectivity index (χ4v) is 3.69. The SMILES string of the molecule is CCCCCCCCCCCCC1(C(=O)O)CNC(C)=[N+]1CCO. The van der Waals surface area contributed by atoms with Gasteiger partial charge in [0.1, 0.15) is 13.1 Å². The molecule has 24 heavy (non-hydrogen) atoms. The van der Waals surface area contributed by atoms with Gasteiger partial charge in [0.05, 0.1) is 6.61 Å². The molecular formula is C19H37N2O3+. The van der Waals surface area contributed by atoms with E-state index in [0.29, 0.717) is 19.5 Å². The summed E-state index contributed by atoms with van der Waals surface area (Å²) in [5.41, 5.74) is -0.882. The number of hydrogen-bond acceptors (Lipinski definition) is 3. The minimum Gasteiger partial charge on any atom is -0.478 e. The van der Waals surface area contributed by atoms with Gasteiger partial charge >= 0.3 is 5.97 Å². The lowest BCUT2D eigenvalue weighted by molar-refractivity contribution is -0.587. The first kappa shape index (κ1) is 20.9. The molecule has 1 atom stereocenters. The lowest BCUT2D eigenvalue weighted by atomic mass is 9.91. The maximum Gasteiger partial charge on any atom is 0.356 e. The number of rotatable bonds is 14. The number of carboxylic acids is 1. The fourth-order valence-electron chi connectivity index (χ4n) is 3.69. The molecule has 3 N–H and O–H groups in total. The van der Waals surface area contributed by atoms with E-state index in [1.165, 1.54) is 51.4 Å². The number of aliphatic hydroxyl groups is 1. The van der Waals surface area contributed by atoms with Gasteiger partial charge in [-0.05, 0) is 6.42 Å². The maximum atomic E-state index is 11.9. The second kappa shape index (κ2) is 11.5. The molecule has 0 aromatic carbocycles. The number of aliphatic carboxylic acids is 1. The van der Waals surface area contributed by atoms with Gasteiger partial charge in [-0.15, -0.1) is 0 Å². The molecule has 0 aromatic heterocycles. The number of amidine groups is 1. The molecule has 1 unspecified atom stereocenters. The summed E-state index contributed by atoms with van der Waals surface area (Å²) in [7, 11) is 0. The predicted molar refractivity (Wildman–Crippen MR) is 97.7 cm³/mol. The summed E-state index contributed by atoms with van der Waals surface area (Å²) >= 11 is 0. The average Bonchev–Trinajstić information content (AvgIpc) is 2.88. The van der Waals surface area contributed by atoms with Crippen LogP contribution in [-0.4, -0.2) is 51.8 Å². The Morgan fingerprint density at radius 2 is 1.62 bits per heavy atom. The Morgan fingerprint density at radius 1 is 1.08 bits per heavy atom. The Kier molecular flexibility index (Phi) is 9.99. The molecule has 0 aliphatic carbocycles. The Morgan fingerprint density at radius 3 is 2.12 bits per heavy atom. The summed E-state index contributed by atoms with van der Waals surface area (Å²) in [6.45, 7) is 4.92. The first-order valence-corrected chi connectivity index (χ1v) is 9.78. The monoisotopic (exact) mass is 341 g/mol. The van der Waals surface area contributed by atoms with Crippen molar-refractivity contribution in [2.24, 2.45) is 0 Å². The largest absolute Gasteiger partial charge is 0.478 e. The highest BCUT2D eigenvalue weighted by Crippen LogP contribution is 2.24. The highest BCUT2D eigenvalue weighted by atomic mass is 16.4. The highest BCUT2D eigenvalue weighted by molar-refractivity contribution is 5.84. The standard InChI is InChI=1S/C19H36N2O3/c1-3-4-5-6-7-8-9-10-11-12-13-19(18(23)24)16-20-17(2)21(19)14-15-22/h22H,3-16H2,1-2H3,(H,23,24)/p+1. The van der Waals surface area contributed by atoms with E-state index in [0.717, 1.165) is 18.7 Å². The van der Waals surface area contributed by atoms with Crippen LogP contribution in [0.25, 0.3) is 0 Å². The molecule has 0 bridgehead atoms. The number of nitrogens with zero attached hydrogens (tertiary/aromatic N) is 1. The number of aliphatic hydroxyl groups excluding tert-OH is 1. The Balaban J connectivity index is 2.27. The van der Waals surface area contributed by atoms with Gasteiger partial charge in [-0.1, -0.05) is 64.7 Å². The van der Waals surface area contributed by atoms with Crippen LogP contribution in [-0.2, 0) is 4.79 Å². The van der Waals surface area contributed by atoms with Gasteiger partial charge in [0.15, 0.2) is 0 Å². The molecule has 140 valence electrons. The maximum absolute atomic E-state index is 11.9. The number of nitrogens with one attached hydrogen (secondary N) is 1. The summed E-state index contributed by atoms with van der Waals surface area (Å²) in [6, 6.07) is 0. The summed E-state index contributed by atoms with van der Waals surface area (Å²) in [4.78, 5) is 11.9. The third kappa shape index (κ3) is 6.08. The molecule has 1 rings (SSSR count). The second-order valence-electron chi connectivity index (χ2n) is 7.08. The number of hydrogen-bond donors (Lipinski definition) is 3. The molecule has 0 amide bonds. The minimum atomic E-state index is -0.882. The minimum absolute atomic E-state index is 0.0217. The zero-order valence-electron chi connectivity index (χ0n) is 15.6. The van der Waals surface area contributed by atoms with Crippen LogP contribution in [0.4, 0.5) is 0 Å². The van der Waals surface area contributed by atoms with E-state index in [1.807, 2.05) is 11.5 Å². The number of β-amino-alcohol motifs (C(OH)–C–C–N with tert-alkyl or cyclic N) is 1. The molecule has 0 saturated carbocycles. The van der Waals surface area contributed by atoms with Crippen LogP contribution in [0.1, 0.15) is 84.5 Å². The second-order valence-corrected chi connectivity index (χ2v) is 7.08. The molecule has 0 saturated heterocycles. The van der Waals surface area contributed by atoms with Crippen molar-refractivity contribution in [1.82, 2.24) is 5.32 Å². The lowest BCUT2D eigenvalue weighted by Crippen LogP contribution is -2.51. The number of carbonyl (C=O) groups is 1. The zero-order valence-corrected chi connectivity index (χ0v) is 15.6. The third-order valence-electron chi connectivity index (χ3n) is 5.22. The van der Waals surface area contributed by atoms with Gasteiger partial charge in [-0.2, -0.15) is 0 Å². The van der Waals surface area contributed by atoms with Crippen LogP contribution in [0.2, 0.25) is 0 Å². The van der Waals surface area contributed by atoms with Crippen LogP contribution in [0, 0.1) is 0 Å². The van der Waals surface area contributed by atoms with Crippen molar-refractivity contribution < 1.29 is 19.6 Å². The van der Waals surface area contributed by atoms with Crippen molar-refractivity contribution in [1.29, 1.82) is 0 Å². The summed E-state index contributed by atoms with van der Waals surface area (Å²) in [5.74, 6) is 0.0785. The van der Waals surface area contributed by atoms with Gasteiger partial charge in [-0.3, -0.25) is 5.32 Å². The van der Waals surface area contributed by atoms with Crippen LogP contribution < -0.4 is 5.32 Å². The Bertz CT molecular complexity index is 409. The van der Waals surface area contributed by atoms with Crippen molar-refractivity contribution >= 4 is 11.8 Å². The zero-order chi connectivity index (χ0) is 17.8. The fraction of sp³-hybridized carbons (Fsp3) is 0.895. The molecule has 5 heteroatoms. The van der Waals surface area contributed by atoms with Gasteiger partial charge < -0.3 is 10.2 Å². The van der Waals surface area contributed by atoms with E-state index in [9.17, 15) is 15.0 Å². The molecular weight excluding hydrogens is 304 g/mol. The van der Waals surface area contributed by atoms with Gasteiger partial charge in [0.2, 0.25) is 11.4 Å². The quantitative estimate of drug-likeness (QED) is 0.335. The first-order valence-electron chi connectivity index (χ1n) is 9.78. The Hall–Kier alpha value is -1.10. The van der Waals surface area contributed by atoms with Crippen molar-refractivity contribution in [3.63, 3.8) is 0 Å². The van der Waals surface area contributed by atoms with E-state index < -0.39 is 11.5 Å². The molecule has 0 spiro atoms. The molecule has 1 aliphatic heterocycles. The van der Waals surface area contributed by atoms with E-state index in [4.69, 9.17) is 0 Å². The summed E-state index contributed by atoms with van der Waals surface area (Å²) in [6.07, 6.45) is 13.1. The van der Waals surface area contributed by atoms with E-state index in [2.05, 4.69) is 12.2 Å². The van der Waals surface area contributed by atoms with Crippen LogP contribution >= 0.6 is 0 Å². The lowest BCUT2D eigenvalue weighted by Gasteiger charge is -2.23. The normalized spacial score (nSPS) is 20.5. The van der Waals surface area contributed by atoms with Crippen LogP contribution in [0.3, 0.4) is 0 Å². The smallest absolute Gasteiger partial charge is 0.356 e. The van der Waals surface area contributed by atoms with E-state index >= 15 is 0 Å². The number of unbranched alkanes of at least 4 members (excludes halogenated alkanes) is 9. The third-order valence-corrected chi connectivity index (χ3v) is 5.22. The highest BCUT2D eigenvalue weighted by Gasteiger charge is 2.51. The molecule has 0 aromatic rings. The molecule has 0 fully saturated rings. The molecule has 1 aliphatic rings. The van der Waals surface area contributed by atoms with Gasteiger partial charge in [-0.25, -0.2) is 9.37 Å². The predicted octanol–water partition coefficient (Wildman–Crippen LogP) is 3.15. The topological polar surface area (TPSA) is 72.6 Å². The molecule has 1 heterocycles. The molecule has 5 nitrogen and oxygen atoms in total. The van der Waals surface area contributed by atoms with Crippen molar-refractivity contribution in [2.75, 3.05) is 19.7 Å². The van der Waals surface area contributed by atoms with E-state index in [-0.39, 0.29) is 6.61 Å². The van der Waals surface area contributed by atoms with Crippen molar-refractivity contribution in [3.05, 3.63) is 0 Å². The van der Waals surface area contributed by atoms with Crippen molar-refractivity contribution in [3.8, 4) is 0 Å². The van der Waals surface area contributed by atoms with Crippen molar-refractivity contribution in [2.45, 2.75) is 90.0 Å². The summed E-state index contributed by atoms with van der Waals surface area (Å²) < 4.78 is 1.84. The van der Waals surface area contributed by atoms with Crippen LogP contribution in [0.15, 0.2) is 0 Å². The molecule has 0 radical (unpaired) electrons. The number of carboxylic acid groups (broad SMARTS) is 1.